The summed E-state index contributed by atoms with van der Waals surface area (Å²) in [6, 6.07) is 13.1. The molecule has 2 aromatic carbocycles. The van der Waals surface area contributed by atoms with Crippen molar-refractivity contribution in [2.45, 2.75) is 4.90 Å². The van der Waals surface area contributed by atoms with Crippen LogP contribution in [-0.2, 0) is 10.0 Å². The Labute approximate surface area is 161 Å². The molecule has 0 saturated carbocycles. The third kappa shape index (κ3) is 3.76. The zero-order valence-electron chi connectivity index (χ0n) is 15.0. The Morgan fingerprint density at radius 3 is 2.04 bits per heavy atom. The summed E-state index contributed by atoms with van der Waals surface area (Å²) in [7, 11) is -1.09. The zero-order chi connectivity index (χ0) is 20.3. The van der Waals surface area contributed by atoms with Gasteiger partial charge in [0.2, 0.25) is 5.88 Å². The van der Waals surface area contributed by atoms with Crippen molar-refractivity contribution < 1.29 is 27.4 Å². The van der Waals surface area contributed by atoms with Crippen LogP contribution in [0.3, 0.4) is 0 Å². The van der Waals surface area contributed by atoms with E-state index in [9.17, 15) is 13.2 Å². The van der Waals surface area contributed by atoms with E-state index in [0.717, 1.165) is 6.07 Å². The Kier molecular flexibility index (Phi) is 5.23. The largest absolute Gasteiger partial charge is 0.497 e. The Morgan fingerprint density at radius 2 is 1.50 bits per heavy atom. The van der Waals surface area contributed by atoms with Crippen LogP contribution >= 0.6 is 0 Å². The number of esters is 1. The number of nitrogens with two attached hydrogens (primary N) is 1. The van der Waals surface area contributed by atoms with E-state index in [1.807, 2.05) is 0 Å². The maximum absolute atomic E-state index is 12.7. The van der Waals surface area contributed by atoms with Crippen LogP contribution in [0, 0.1) is 0 Å². The molecule has 0 atom stereocenters. The van der Waals surface area contributed by atoms with Crippen molar-refractivity contribution >= 4 is 21.8 Å². The SMILES string of the molecule is COc1ccc(C(=O)Oc2cc(N)n(S(=O)(=O)c3ccc(OC)cc3)n2)cc1. The smallest absolute Gasteiger partial charge is 0.344 e. The second-order valence-electron chi connectivity index (χ2n) is 5.55. The quantitative estimate of drug-likeness (QED) is 0.620. The third-order valence-corrected chi connectivity index (χ3v) is 5.41. The molecule has 3 rings (SSSR count). The molecule has 0 spiro atoms. The van der Waals surface area contributed by atoms with Crippen LogP contribution in [0.4, 0.5) is 5.82 Å². The van der Waals surface area contributed by atoms with E-state index in [4.69, 9.17) is 19.9 Å². The van der Waals surface area contributed by atoms with E-state index < -0.39 is 16.0 Å². The molecule has 1 heterocycles. The molecule has 0 unspecified atom stereocenters. The highest BCUT2D eigenvalue weighted by atomic mass is 32.2. The summed E-state index contributed by atoms with van der Waals surface area (Å²) in [4.78, 5) is 12.2. The molecular weight excluding hydrogens is 386 g/mol. The van der Waals surface area contributed by atoms with E-state index in [0.29, 0.717) is 15.6 Å². The van der Waals surface area contributed by atoms with Gasteiger partial charge in [-0.05, 0) is 48.5 Å². The number of ether oxygens (including phenoxy) is 3. The van der Waals surface area contributed by atoms with Crippen molar-refractivity contribution in [1.29, 1.82) is 0 Å². The van der Waals surface area contributed by atoms with E-state index >= 15 is 0 Å². The maximum atomic E-state index is 12.7. The first-order chi connectivity index (χ1) is 13.3. The predicted octanol–water partition coefficient (Wildman–Crippen LogP) is 1.94. The molecule has 3 aromatic rings. The van der Waals surface area contributed by atoms with Gasteiger partial charge in [0.15, 0.2) is 0 Å². The fourth-order valence-electron chi connectivity index (χ4n) is 2.33. The summed E-state index contributed by atoms with van der Waals surface area (Å²) in [6.07, 6.45) is 0. The van der Waals surface area contributed by atoms with Crippen LogP contribution in [0.15, 0.2) is 59.5 Å². The maximum Gasteiger partial charge on any atom is 0.344 e. The number of anilines is 1. The minimum absolute atomic E-state index is 0.0452. The van der Waals surface area contributed by atoms with Gasteiger partial charge in [0.05, 0.1) is 24.7 Å². The Morgan fingerprint density at radius 1 is 0.964 bits per heavy atom. The number of carbonyl (C=O) groups excluding carboxylic acids is 1. The molecule has 0 radical (unpaired) electrons. The summed E-state index contributed by atoms with van der Waals surface area (Å²) in [5.41, 5.74) is 6.00. The molecule has 0 fully saturated rings. The average Bonchev–Trinajstić information content (AvgIpc) is 3.08. The first-order valence-electron chi connectivity index (χ1n) is 7.96. The normalized spacial score (nSPS) is 11.1. The highest BCUT2D eigenvalue weighted by Crippen LogP contribution is 2.23. The monoisotopic (exact) mass is 403 g/mol. The van der Waals surface area contributed by atoms with Crippen molar-refractivity contribution in [2.24, 2.45) is 0 Å². The molecule has 0 bridgehead atoms. The Bertz CT molecular complexity index is 1090. The zero-order valence-corrected chi connectivity index (χ0v) is 15.8. The van der Waals surface area contributed by atoms with Crippen LogP contribution in [-0.4, -0.2) is 37.8 Å². The molecule has 9 nitrogen and oxygen atoms in total. The fraction of sp³-hybridized carbons (Fsp3) is 0.111. The van der Waals surface area contributed by atoms with Crippen LogP contribution in [0.2, 0.25) is 0 Å². The van der Waals surface area contributed by atoms with Crippen molar-refractivity contribution in [2.75, 3.05) is 20.0 Å². The van der Waals surface area contributed by atoms with Gasteiger partial charge in [-0.3, -0.25) is 0 Å². The lowest BCUT2D eigenvalue weighted by atomic mass is 10.2. The van der Waals surface area contributed by atoms with Crippen molar-refractivity contribution in [3.63, 3.8) is 0 Å². The summed E-state index contributed by atoms with van der Waals surface area (Å²) in [5.74, 6) is -0.0740. The van der Waals surface area contributed by atoms with Crippen LogP contribution in [0.5, 0.6) is 17.4 Å². The van der Waals surface area contributed by atoms with Gasteiger partial charge in [0.25, 0.3) is 10.0 Å². The van der Waals surface area contributed by atoms with Gasteiger partial charge >= 0.3 is 5.97 Å². The lowest BCUT2D eigenvalue weighted by Gasteiger charge is -2.07. The number of nitrogen functional groups attached to an aromatic ring is 1. The van der Waals surface area contributed by atoms with Crippen molar-refractivity contribution in [3.8, 4) is 17.4 Å². The number of nitrogens with zero attached hydrogens (tertiary/aromatic N) is 2. The van der Waals surface area contributed by atoms with Gasteiger partial charge in [-0.2, -0.15) is 8.42 Å². The van der Waals surface area contributed by atoms with Gasteiger partial charge in [-0.15, -0.1) is 9.19 Å². The molecule has 2 N–H and O–H groups in total. The van der Waals surface area contributed by atoms with Crippen LogP contribution in [0.1, 0.15) is 10.4 Å². The van der Waals surface area contributed by atoms with Crippen molar-refractivity contribution in [1.82, 2.24) is 9.19 Å². The minimum Gasteiger partial charge on any atom is -0.497 e. The summed E-state index contributed by atoms with van der Waals surface area (Å²) >= 11 is 0. The van der Waals surface area contributed by atoms with Crippen LogP contribution < -0.4 is 19.9 Å². The predicted molar refractivity (Wildman–Crippen MR) is 100 cm³/mol. The molecule has 10 heteroatoms. The molecule has 1 aromatic heterocycles. The van der Waals surface area contributed by atoms with Gasteiger partial charge in [-0.25, -0.2) is 4.79 Å². The van der Waals surface area contributed by atoms with Gasteiger partial charge < -0.3 is 19.9 Å². The lowest BCUT2D eigenvalue weighted by molar-refractivity contribution is 0.0727. The molecule has 28 heavy (non-hydrogen) atoms. The van der Waals surface area contributed by atoms with Crippen molar-refractivity contribution in [3.05, 3.63) is 60.2 Å². The summed E-state index contributed by atoms with van der Waals surface area (Å²) in [6.45, 7) is 0. The molecule has 0 saturated heterocycles. The summed E-state index contributed by atoms with van der Waals surface area (Å²) in [5, 5.41) is 3.80. The van der Waals surface area contributed by atoms with Crippen LogP contribution in [0.25, 0.3) is 0 Å². The standard InChI is InChI=1S/C18H17N3O6S/c1-25-13-5-3-12(4-6-13)18(22)27-17-11-16(19)21(20-17)28(23,24)15-9-7-14(26-2)8-10-15/h3-11H,19H2,1-2H3. The summed E-state index contributed by atoms with van der Waals surface area (Å²) < 4.78 is 41.2. The van der Waals surface area contributed by atoms with Gasteiger partial charge in [0, 0.05) is 6.07 Å². The van der Waals surface area contributed by atoms with E-state index in [1.54, 1.807) is 12.1 Å². The second-order valence-corrected chi connectivity index (χ2v) is 7.32. The highest BCUT2D eigenvalue weighted by molar-refractivity contribution is 7.90. The molecular formula is C18H17N3O6S. The van der Waals surface area contributed by atoms with Gasteiger partial charge in [0.1, 0.15) is 17.3 Å². The lowest BCUT2D eigenvalue weighted by Crippen LogP contribution is -2.17. The number of benzene rings is 2. The van der Waals surface area contributed by atoms with E-state index in [1.165, 1.54) is 50.6 Å². The number of rotatable bonds is 6. The van der Waals surface area contributed by atoms with E-state index in [-0.39, 0.29) is 22.2 Å². The number of carbonyl (C=O) groups is 1. The molecule has 0 aliphatic rings. The number of aromatic nitrogens is 2. The Hall–Kier alpha value is -3.53. The van der Waals surface area contributed by atoms with E-state index in [2.05, 4.69) is 5.10 Å². The third-order valence-electron chi connectivity index (χ3n) is 3.79. The number of methoxy groups -OCH3 is 2. The Balaban J connectivity index is 1.84. The second kappa shape index (κ2) is 7.61. The average molecular weight is 403 g/mol. The first kappa shape index (κ1) is 19.2. The molecule has 0 aliphatic carbocycles. The minimum atomic E-state index is -4.07. The highest BCUT2D eigenvalue weighted by Gasteiger charge is 2.23. The molecule has 146 valence electrons. The topological polar surface area (TPSA) is 123 Å². The fourth-order valence-corrected chi connectivity index (χ4v) is 3.53. The van der Waals surface area contributed by atoms with Gasteiger partial charge in [-0.1, -0.05) is 0 Å². The first-order valence-corrected chi connectivity index (χ1v) is 9.40. The number of hydrogen-bond acceptors (Lipinski definition) is 8. The molecule has 0 aliphatic heterocycles. The number of hydrogen-bond donors (Lipinski definition) is 1. The molecule has 0 amide bonds.